The summed E-state index contributed by atoms with van der Waals surface area (Å²) < 4.78 is 5.46. The lowest BCUT2D eigenvalue weighted by Crippen LogP contribution is -2.04. The zero-order valence-corrected chi connectivity index (χ0v) is 9.27. The molecule has 0 aliphatic heterocycles. The van der Waals surface area contributed by atoms with Gasteiger partial charge in [-0.05, 0) is 38.1 Å². The molecule has 1 aromatic heterocycles. The van der Waals surface area contributed by atoms with E-state index in [0.717, 1.165) is 17.0 Å². The van der Waals surface area contributed by atoms with Gasteiger partial charge < -0.3 is 15.3 Å². The second-order valence-electron chi connectivity index (χ2n) is 3.79. The second kappa shape index (κ2) is 3.98. The van der Waals surface area contributed by atoms with Crippen LogP contribution in [-0.2, 0) is 0 Å². The lowest BCUT2D eigenvalue weighted by atomic mass is 10.1. The normalized spacial score (nSPS) is 12.7. The van der Waals surface area contributed by atoms with Gasteiger partial charge in [-0.3, -0.25) is 0 Å². The standard InChI is InChI=1S/C12H14N2O2/c1-7(13)12-14-11(8(2)16-12)9-3-5-10(15)6-4-9/h3-7,15H,13H2,1-2H3. The smallest absolute Gasteiger partial charge is 0.211 e. The van der Waals surface area contributed by atoms with E-state index in [2.05, 4.69) is 4.98 Å². The number of aryl methyl sites for hydroxylation is 1. The lowest BCUT2D eigenvalue weighted by molar-refractivity contribution is 0.444. The fraction of sp³-hybridized carbons (Fsp3) is 0.250. The van der Waals surface area contributed by atoms with Crippen molar-refractivity contribution in [3.05, 3.63) is 35.9 Å². The Balaban J connectivity index is 2.44. The molecule has 4 nitrogen and oxygen atoms in total. The number of benzene rings is 1. The fourth-order valence-electron chi connectivity index (χ4n) is 1.50. The maximum atomic E-state index is 9.20. The van der Waals surface area contributed by atoms with Gasteiger partial charge in [-0.2, -0.15) is 0 Å². The van der Waals surface area contributed by atoms with E-state index in [1.807, 2.05) is 13.8 Å². The summed E-state index contributed by atoms with van der Waals surface area (Å²) in [7, 11) is 0. The Hall–Kier alpha value is -1.81. The number of aromatic hydroxyl groups is 1. The number of phenolic OH excluding ortho intramolecular Hbond substituents is 1. The van der Waals surface area contributed by atoms with Crippen molar-refractivity contribution in [3.8, 4) is 17.0 Å². The number of nitrogens with zero attached hydrogens (tertiary/aromatic N) is 1. The Kier molecular flexibility index (Phi) is 2.66. The monoisotopic (exact) mass is 218 g/mol. The van der Waals surface area contributed by atoms with Crippen molar-refractivity contribution in [1.82, 2.24) is 4.98 Å². The summed E-state index contributed by atoms with van der Waals surface area (Å²) in [6.45, 7) is 3.67. The molecule has 2 rings (SSSR count). The van der Waals surface area contributed by atoms with Crippen molar-refractivity contribution in [2.45, 2.75) is 19.9 Å². The summed E-state index contributed by atoms with van der Waals surface area (Å²) in [4.78, 5) is 4.34. The molecule has 1 aromatic carbocycles. The fourth-order valence-corrected chi connectivity index (χ4v) is 1.50. The molecular formula is C12H14N2O2. The van der Waals surface area contributed by atoms with Crippen LogP contribution in [0.15, 0.2) is 28.7 Å². The van der Waals surface area contributed by atoms with E-state index in [-0.39, 0.29) is 11.8 Å². The van der Waals surface area contributed by atoms with Crippen LogP contribution in [-0.4, -0.2) is 10.1 Å². The van der Waals surface area contributed by atoms with Gasteiger partial charge in [-0.15, -0.1) is 0 Å². The molecular weight excluding hydrogens is 204 g/mol. The predicted molar refractivity (Wildman–Crippen MR) is 60.9 cm³/mol. The number of phenols is 1. The van der Waals surface area contributed by atoms with Crippen molar-refractivity contribution in [1.29, 1.82) is 0 Å². The number of nitrogens with two attached hydrogens (primary N) is 1. The van der Waals surface area contributed by atoms with Gasteiger partial charge in [0.1, 0.15) is 17.2 Å². The van der Waals surface area contributed by atoms with Gasteiger partial charge in [-0.1, -0.05) is 0 Å². The van der Waals surface area contributed by atoms with Crippen LogP contribution in [0.25, 0.3) is 11.3 Å². The third kappa shape index (κ3) is 1.92. The third-order valence-corrected chi connectivity index (χ3v) is 2.34. The first-order chi connectivity index (χ1) is 7.58. The molecule has 0 aliphatic carbocycles. The Morgan fingerprint density at radius 3 is 2.44 bits per heavy atom. The van der Waals surface area contributed by atoms with Crippen LogP contribution in [0.1, 0.15) is 24.6 Å². The van der Waals surface area contributed by atoms with Crippen molar-refractivity contribution in [2.24, 2.45) is 5.73 Å². The van der Waals surface area contributed by atoms with Crippen LogP contribution in [0.2, 0.25) is 0 Å². The zero-order valence-electron chi connectivity index (χ0n) is 9.27. The summed E-state index contributed by atoms with van der Waals surface area (Å²) >= 11 is 0. The molecule has 0 bridgehead atoms. The van der Waals surface area contributed by atoms with Gasteiger partial charge in [0.2, 0.25) is 5.89 Å². The highest BCUT2D eigenvalue weighted by atomic mass is 16.4. The first-order valence-corrected chi connectivity index (χ1v) is 5.10. The Morgan fingerprint density at radius 2 is 1.94 bits per heavy atom. The average Bonchev–Trinajstić information content (AvgIpc) is 2.62. The van der Waals surface area contributed by atoms with Gasteiger partial charge in [0, 0.05) is 5.56 Å². The van der Waals surface area contributed by atoms with Crippen LogP contribution in [0.3, 0.4) is 0 Å². The second-order valence-corrected chi connectivity index (χ2v) is 3.79. The molecule has 0 spiro atoms. The molecule has 16 heavy (non-hydrogen) atoms. The summed E-state index contributed by atoms with van der Waals surface area (Å²) in [6, 6.07) is 6.62. The Morgan fingerprint density at radius 1 is 1.31 bits per heavy atom. The third-order valence-electron chi connectivity index (χ3n) is 2.34. The summed E-state index contributed by atoms with van der Waals surface area (Å²) in [5.41, 5.74) is 7.38. The van der Waals surface area contributed by atoms with E-state index >= 15 is 0 Å². The molecule has 1 unspecified atom stereocenters. The van der Waals surface area contributed by atoms with Crippen LogP contribution in [0.5, 0.6) is 5.75 Å². The number of aromatic nitrogens is 1. The van der Waals surface area contributed by atoms with Crippen LogP contribution < -0.4 is 5.73 Å². The molecule has 3 N–H and O–H groups in total. The highest BCUT2D eigenvalue weighted by Gasteiger charge is 2.13. The van der Waals surface area contributed by atoms with Crippen molar-refractivity contribution >= 4 is 0 Å². The minimum Gasteiger partial charge on any atom is -0.508 e. The molecule has 0 fully saturated rings. The molecule has 4 heteroatoms. The largest absolute Gasteiger partial charge is 0.508 e. The maximum Gasteiger partial charge on any atom is 0.211 e. The van der Waals surface area contributed by atoms with Crippen molar-refractivity contribution < 1.29 is 9.52 Å². The van der Waals surface area contributed by atoms with Crippen molar-refractivity contribution in [2.75, 3.05) is 0 Å². The number of rotatable bonds is 2. The van der Waals surface area contributed by atoms with Gasteiger partial charge in [0.05, 0.1) is 6.04 Å². The van der Waals surface area contributed by atoms with E-state index in [4.69, 9.17) is 10.2 Å². The van der Waals surface area contributed by atoms with Crippen LogP contribution in [0, 0.1) is 6.92 Å². The molecule has 0 aliphatic rings. The minimum absolute atomic E-state index is 0.218. The summed E-state index contributed by atoms with van der Waals surface area (Å²) in [5, 5.41) is 9.20. The SMILES string of the molecule is Cc1oc(C(C)N)nc1-c1ccc(O)cc1. The molecule has 0 amide bonds. The zero-order chi connectivity index (χ0) is 11.7. The lowest BCUT2D eigenvalue weighted by Gasteiger charge is -1.97. The van der Waals surface area contributed by atoms with Gasteiger partial charge in [0.25, 0.3) is 0 Å². The van der Waals surface area contributed by atoms with Crippen LogP contribution in [0.4, 0.5) is 0 Å². The predicted octanol–water partition coefficient (Wildman–Crippen LogP) is 2.38. The van der Waals surface area contributed by atoms with Gasteiger partial charge in [-0.25, -0.2) is 4.98 Å². The van der Waals surface area contributed by atoms with Crippen LogP contribution >= 0.6 is 0 Å². The number of hydrogen-bond acceptors (Lipinski definition) is 4. The Labute approximate surface area is 93.7 Å². The number of oxazole rings is 1. The van der Waals surface area contributed by atoms with E-state index in [0.29, 0.717) is 5.89 Å². The molecule has 0 radical (unpaired) electrons. The first-order valence-electron chi connectivity index (χ1n) is 5.10. The highest BCUT2D eigenvalue weighted by Crippen LogP contribution is 2.26. The molecule has 2 aromatic rings. The van der Waals surface area contributed by atoms with Gasteiger partial charge in [0.15, 0.2) is 0 Å². The van der Waals surface area contributed by atoms with E-state index in [1.165, 1.54) is 0 Å². The number of hydrogen-bond donors (Lipinski definition) is 2. The first kappa shape index (κ1) is 10.7. The molecule has 0 saturated heterocycles. The summed E-state index contributed by atoms with van der Waals surface area (Å²) in [6.07, 6.45) is 0. The topological polar surface area (TPSA) is 72.3 Å². The molecule has 84 valence electrons. The highest BCUT2D eigenvalue weighted by molar-refractivity contribution is 5.61. The molecule has 1 heterocycles. The Bertz CT molecular complexity index is 486. The minimum atomic E-state index is -0.218. The van der Waals surface area contributed by atoms with E-state index in [1.54, 1.807) is 24.3 Å². The van der Waals surface area contributed by atoms with Crippen molar-refractivity contribution in [3.63, 3.8) is 0 Å². The average molecular weight is 218 g/mol. The molecule has 0 saturated carbocycles. The van der Waals surface area contributed by atoms with E-state index < -0.39 is 0 Å². The van der Waals surface area contributed by atoms with E-state index in [9.17, 15) is 5.11 Å². The quantitative estimate of drug-likeness (QED) is 0.811. The summed E-state index contributed by atoms with van der Waals surface area (Å²) in [5.74, 6) is 1.50. The molecule has 1 atom stereocenters. The van der Waals surface area contributed by atoms with Gasteiger partial charge >= 0.3 is 0 Å². The maximum absolute atomic E-state index is 9.20.